The van der Waals surface area contributed by atoms with Crippen LogP contribution in [0.5, 0.6) is 0 Å². The maximum absolute atomic E-state index is 13.1. The zero-order valence-electron chi connectivity index (χ0n) is 14.2. The summed E-state index contributed by atoms with van der Waals surface area (Å²) in [4.78, 5) is 23.2. The summed E-state index contributed by atoms with van der Waals surface area (Å²) >= 11 is 11.5. The smallest absolute Gasteiger partial charge is 0.307 e. The van der Waals surface area contributed by atoms with Gasteiger partial charge in [0.25, 0.3) is 5.91 Å². The molecular formula is C17H15Cl2FN2O5S. The highest BCUT2D eigenvalue weighted by atomic mass is 35.5. The normalized spacial score (nSPS) is 11.1. The lowest BCUT2D eigenvalue weighted by atomic mass is 10.3. The molecule has 0 aliphatic heterocycles. The van der Waals surface area contributed by atoms with E-state index in [-0.39, 0.29) is 22.9 Å². The first-order valence-electron chi connectivity index (χ1n) is 7.84. The Hall–Kier alpha value is -2.20. The third-order valence-corrected chi connectivity index (χ3v) is 5.41. The lowest BCUT2D eigenvalue weighted by Crippen LogP contribution is -2.28. The van der Waals surface area contributed by atoms with Gasteiger partial charge in [-0.25, -0.2) is 17.5 Å². The fourth-order valence-corrected chi connectivity index (χ4v) is 3.47. The van der Waals surface area contributed by atoms with Crippen molar-refractivity contribution in [3.8, 4) is 0 Å². The summed E-state index contributed by atoms with van der Waals surface area (Å²) < 4.78 is 44.2. The molecule has 0 radical (unpaired) electrons. The second kappa shape index (κ2) is 9.83. The lowest BCUT2D eigenvalue weighted by molar-refractivity contribution is -0.147. The van der Waals surface area contributed by atoms with E-state index in [0.717, 1.165) is 18.2 Å². The molecule has 28 heavy (non-hydrogen) atoms. The molecule has 7 nitrogen and oxygen atoms in total. The standard InChI is InChI=1S/C17H15Cl2FN2O5S/c18-12-3-1-2-4-15(12)22-16(23)10-27-17(24)7-8-21-28(25,26)11-5-6-14(20)13(19)9-11/h1-6,9,21H,7-8,10H2,(H,22,23). The fourth-order valence-electron chi connectivity index (χ4n) is 1.98. The van der Waals surface area contributed by atoms with Gasteiger partial charge in [0.05, 0.1) is 27.0 Å². The molecule has 0 heterocycles. The molecule has 0 aliphatic rings. The van der Waals surface area contributed by atoms with Crippen LogP contribution in [0.4, 0.5) is 10.1 Å². The van der Waals surface area contributed by atoms with Gasteiger partial charge in [0.2, 0.25) is 10.0 Å². The van der Waals surface area contributed by atoms with Gasteiger partial charge < -0.3 is 10.1 Å². The Balaban J connectivity index is 1.77. The molecule has 0 saturated heterocycles. The molecule has 0 spiro atoms. The van der Waals surface area contributed by atoms with E-state index in [1.165, 1.54) is 0 Å². The minimum Gasteiger partial charge on any atom is -0.456 e. The Morgan fingerprint density at radius 3 is 2.46 bits per heavy atom. The number of rotatable bonds is 8. The monoisotopic (exact) mass is 448 g/mol. The number of esters is 1. The van der Waals surface area contributed by atoms with Crippen LogP contribution in [0, 0.1) is 5.82 Å². The minimum absolute atomic E-state index is 0.244. The molecule has 150 valence electrons. The van der Waals surface area contributed by atoms with Crippen LogP contribution >= 0.6 is 23.2 Å². The zero-order valence-corrected chi connectivity index (χ0v) is 16.6. The summed E-state index contributed by atoms with van der Waals surface area (Å²) in [5, 5.41) is 2.46. The number of hydrogen-bond donors (Lipinski definition) is 2. The number of sulfonamides is 1. The molecule has 0 aliphatic carbocycles. The van der Waals surface area contributed by atoms with E-state index in [2.05, 4.69) is 10.0 Å². The molecule has 11 heteroatoms. The first-order chi connectivity index (χ1) is 13.2. The number of carbonyl (C=O) groups is 2. The van der Waals surface area contributed by atoms with E-state index in [4.69, 9.17) is 27.9 Å². The van der Waals surface area contributed by atoms with Crippen LogP contribution in [-0.2, 0) is 24.3 Å². The van der Waals surface area contributed by atoms with Crippen LogP contribution in [-0.4, -0.2) is 33.4 Å². The molecule has 1 amide bonds. The predicted molar refractivity (Wildman–Crippen MR) is 102 cm³/mol. The van der Waals surface area contributed by atoms with Crippen molar-refractivity contribution in [3.63, 3.8) is 0 Å². The van der Waals surface area contributed by atoms with Gasteiger partial charge in [-0.15, -0.1) is 0 Å². The molecule has 0 bridgehead atoms. The zero-order chi connectivity index (χ0) is 20.7. The number of ether oxygens (including phenoxy) is 1. The first-order valence-corrected chi connectivity index (χ1v) is 10.1. The van der Waals surface area contributed by atoms with Crippen LogP contribution in [0.1, 0.15) is 6.42 Å². The van der Waals surface area contributed by atoms with Gasteiger partial charge in [-0.3, -0.25) is 9.59 Å². The summed E-state index contributed by atoms with van der Waals surface area (Å²) in [6.07, 6.45) is -0.312. The number of hydrogen-bond acceptors (Lipinski definition) is 5. The SMILES string of the molecule is O=C(COC(=O)CCNS(=O)(=O)c1ccc(F)c(Cl)c1)Nc1ccccc1Cl. The van der Waals surface area contributed by atoms with Crippen molar-refractivity contribution in [3.05, 3.63) is 58.3 Å². The Kier molecular flexibility index (Phi) is 7.76. The van der Waals surface area contributed by atoms with E-state index in [1.807, 2.05) is 0 Å². The van der Waals surface area contributed by atoms with Gasteiger partial charge in [0.1, 0.15) is 5.82 Å². The van der Waals surface area contributed by atoms with Gasteiger partial charge in [-0.05, 0) is 30.3 Å². The predicted octanol–water partition coefficient (Wildman–Crippen LogP) is 2.98. The highest BCUT2D eigenvalue weighted by molar-refractivity contribution is 7.89. The summed E-state index contributed by atoms with van der Waals surface area (Å²) in [6, 6.07) is 9.45. The van der Waals surface area contributed by atoms with E-state index in [0.29, 0.717) is 10.7 Å². The Morgan fingerprint density at radius 1 is 1.07 bits per heavy atom. The quantitative estimate of drug-likeness (QED) is 0.604. The van der Waals surface area contributed by atoms with Crippen LogP contribution < -0.4 is 10.0 Å². The largest absolute Gasteiger partial charge is 0.456 e. The Morgan fingerprint density at radius 2 is 1.79 bits per heavy atom. The van der Waals surface area contributed by atoms with Gasteiger partial charge in [-0.1, -0.05) is 35.3 Å². The van der Waals surface area contributed by atoms with Crippen molar-refractivity contribution in [2.45, 2.75) is 11.3 Å². The lowest BCUT2D eigenvalue weighted by Gasteiger charge is -2.09. The maximum atomic E-state index is 13.1. The van der Waals surface area contributed by atoms with Crippen molar-refractivity contribution in [2.24, 2.45) is 0 Å². The second-order valence-electron chi connectivity index (χ2n) is 5.41. The van der Waals surface area contributed by atoms with Crippen molar-refractivity contribution < 1.29 is 27.1 Å². The van der Waals surface area contributed by atoms with Crippen molar-refractivity contribution in [2.75, 3.05) is 18.5 Å². The number of halogens is 3. The number of anilines is 1. The maximum Gasteiger partial charge on any atom is 0.307 e. The summed E-state index contributed by atoms with van der Waals surface area (Å²) in [6.45, 7) is -0.827. The number of nitrogens with one attached hydrogen (secondary N) is 2. The number of amides is 1. The summed E-state index contributed by atoms with van der Waals surface area (Å²) in [5.74, 6) is -2.13. The number of carbonyl (C=O) groups excluding carboxylic acids is 2. The van der Waals surface area contributed by atoms with E-state index >= 15 is 0 Å². The van der Waals surface area contributed by atoms with Gasteiger partial charge in [0, 0.05) is 6.54 Å². The number of benzene rings is 2. The van der Waals surface area contributed by atoms with E-state index in [9.17, 15) is 22.4 Å². The summed E-state index contributed by atoms with van der Waals surface area (Å²) in [5.41, 5.74) is 0.371. The van der Waals surface area contributed by atoms with Gasteiger partial charge in [0.15, 0.2) is 6.61 Å². The van der Waals surface area contributed by atoms with Gasteiger partial charge >= 0.3 is 5.97 Å². The van der Waals surface area contributed by atoms with Crippen molar-refractivity contribution in [1.29, 1.82) is 0 Å². The van der Waals surface area contributed by atoms with E-state index < -0.39 is 34.3 Å². The van der Waals surface area contributed by atoms with Crippen molar-refractivity contribution in [1.82, 2.24) is 4.72 Å². The first kappa shape index (κ1) is 22.1. The van der Waals surface area contributed by atoms with Crippen LogP contribution in [0.3, 0.4) is 0 Å². The van der Waals surface area contributed by atoms with Crippen LogP contribution in [0.25, 0.3) is 0 Å². The molecule has 0 atom stereocenters. The third-order valence-electron chi connectivity index (χ3n) is 3.33. The van der Waals surface area contributed by atoms with Crippen LogP contribution in [0.15, 0.2) is 47.4 Å². The van der Waals surface area contributed by atoms with Crippen LogP contribution in [0.2, 0.25) is 10.0 Å². The minimum atomic E-state index is -3.97. The Labute approximate surface area is 170 Å². The molecule has 2 N–H and O–H groups in total. The molecule has 0 saturated carbocycles. The fraction of sp³-hybridized carbons (Fsp3) is 0.176. The summed E-state index contributed by atoms with van der Waals surface area (Å²) in [7, 11) is -3.97. The Bertz CT molecular complexity index is 985. The van der Waals surface area contributed by atoms with Gasteiger partial charge in [-0.2, -0.15) is 0 Å². The highest BCUT2D eigenvalue weighted by Gasteiger charge is 2.17. The topological polar surface area (TPSA) is 102 Å². The average Bonchev–Trinajstić information content (AvgIpc) is 2.64. The molecule has 2 aromatic rings. The van der Waals surface area contributed by atoms with E-state index in [1.54, 1.807) is 24.3 Å². The molecule has 0 unspecified atom stereocenters. The van der Waals surface area contributed by atoms with Crippen molar-refractivity contribution >= 4 is 50.8 Å². The third kappa shape index (κ3) is 6.45. The molecule has 2 aromatic carbocycles. The highest BCUT2D eigenvalue weighted by Crippen LogP contribution is 2.20. The molecule has 0 aromatic heterocycles. The molecular weight excluding hydrogens is 434 g/mol. The molecule has 0 fully saturated rings. The molecule has 2 rings (SSSR count). The second-order valence-corrected chi connectivity index (χ2v) is 7.99. The number of para-hydroxylation sites is 1. The average molecular weight is 449 g/mol.